The molecular formula is C15H20N2O2. The van der Waals surface area contributed by atoms with Gasteiger partial charge in [0, 0.05) is 12.0 Å². The summed E-state index contributed by atoms with van der Waals surface area (Å²) < 4.78 is 0. The lowest BCUT2D eigenvalue weighted by Crippen LogP contribution is -2.30. The third kappa shape index (κ3) is 2.50. The van der Waals surface area contributed by atoms with E-state index in [1.807, 2.05) is 6.07 Å². The summed E-state index contributed by atoms with van der Waals surface area (Å²) in [6, 6.07) is 2.01. The van der Waals surface area contributed by atoms with Crippen LogP contribution in [0.15, 0.2) is 10.9 Å². The average Bonchev–Trinajstić information content (AvgIpc) is 2.61. The molecule has 19 heavy (non-hydrogen) atoms. The van der Waals surface area contributed by atoms with Crippen LogP contribution in [-0.2, 0) is 6.42 Å². The highest BCUT2D eigenvalue weighted by atomic mass is 16.1. The first-order chi connectivity index (χ1) is 9.25. The van der Waals surface area contributed by atoms with Crippen LogP contribution in [0.3, 0.4) is 0 Å². The average molecular weight is 260 g/mol. The molecule has 0 radical (unpaired) electrons. The SMILES string of the molecule is O=C1CCCCc2cc(C3CCNCC3)c(=O)[nH]c21. The van der Waals surface area contributed by atoms with Crippen molar-refractivity contribution in [1.82, 2.24) is 10.3 Å². The van der Waals surface area contributed by atoms with E-state index in [0.29, 0.717) is 18.0 Å². The third-order valence-electron chi connectivity index (χ3n) is 4.31. The summed E-state index contributed by atoms with van der Waals surface area (Å²) in [7, 11) is 0. The third-order valence-corrected chi connectivity index (χ3v) is 4.31. The Bertz CT molecular complexity index is 542. The highest BCUT2D eigenvalue weighted by Crippen LogP contribution is 2.25. The number of piperidine rings is 1. The van der Waals surface area contributed by atoms with Crippen LogP contribution in [0.4, 0.5) is 0 Å². The molecule has 1 fully saturated rings. The molecule has 4 nitrogen and oxygen atoms in total. The number of hydrogen-bond acceptors (Lipinski definition) is 3. The van der Waals surface area contributed by atoms with Crippen LogP contribution < -0.4 is 10.9 Å². The van der Waals surface area contributed by atoms with Gasteiger partial charge in [-0.15, -0.1) is 0 Å². The Labute approximate surface area is 112 Å². The van der Waals surface area contributed by atoms with Crippen molar-refractivity contribution in [3.63, 3.8) is 0 Å². The molecule has 102 valence electrons. The van der Waals surface area contributed by atoms with Crippen LogP contribution in [0, 0.1) is 0 Å². The maximum Gasteiger partial charge on any atom is 0.251 e. The van der Waals surface area contributed by atoms with E-state index >= 15 is 0 Å². The Balaban J connectivity index is 2.00. The van der Waals surface area contributed by atoms with Crippen LogP contribution in [0.1, 0.15) is 59.6 Å². The van der Waals surface area contributed by atoms with E-state index in [1.165, 1.54) is 0 Å². The fourth-order valence-electron chi connectivity index (χ4n) is 3.20. The molecule has 2 aliphatic rings. The molecule has 1 aromatic heterocycles. The first kappa shape index (κ1) is 12.6. The second-order valence-corrected chi connectivity index (χ2v) is 5.61. The number of hydrogen-bond donors (Lipinski definition) is 2. The molecule has 3 rings (SSSR count). The van der Waals surface area contributed by atoms with E-state index < -0.39 is 0 Å². The molecule has 0 unspecified atom stereocenters. The van der Waals surface area contributed by atoms with Crippen LogP contribution in [0.5, 0.6) is 0 Å². The number of pyridine rings is 1. The lowest BCUT2D eigenvalue weighted by atomic mass is 9.89. The van der Waals surface area contributed by atoms with Gasteiger partial charge in [0.2, 0.25) is 0 Å². The maximum atomic E-state index is 12.2. The standard InChI is InChI=1S/C15H20N2O2/c18-13-4-2-1-3-11-9-12(15(19)17-14(11)13)10-5-7-16-8-6-10/h9-10,16H,1-8H2,(H,17,19). The van der Waals surface area contributed by atoms with E-state index in [4.69, 9.17) is 0 Å². The number of aromatic amines is 1. The number of ketones is 1. The molecule has 2 N–H and O–H groups in total. The minimum atomic E-state index is -0.0547. The fraction of sp³-hybridized carbons (Fsp3) is 0.600. The molecule has 4 heteroatoms. The normalized spacial score (nSPS) is 20.9. The molecule has 2 heterocycles. The number of fused-ring (bicyclic) bond motifs is 1. The number of H-pyrrole nitrogens is 1. The molecule has 0 spiro atoms. The monoisotopic (exact) mass is 260 g/mol. The van der Waals surface area contributed by atoms with Crippen molar-refractivity contribution in [3.05, 3.63) is 33.2 Å². The van der Waals surface area contributed by atoms with E-state index in [9.17, 15) is 9.59 Å². The number of rotatable bonds is 1. The lowest BCUT2D eigenvalue weighted by molar-refractivity contribution is 0.0977. The van der Waals surface area contributed by atoms with Crippen molar-refractivity contribution in [2.24, 2.45) is 0 Å². The van der Waals surface area contributed by atoms with Gasteiger partial charge in [0.15, 0.2) is 5.78 Å². The zero-order chi connectivity index (χ0) is 13.2. The summed E-state index contributed by atoms with van der Waals surface area (Å²) in [4.78, 5) is 27.0. The van der Waals surface area contributed by atoms with Crippen molar-refractivity contribution in [2.45, 2.75) is 44.4 Å². The number of aromatic nitrogens is 1. The van der Waals surface area contributed by atoms with Gasteiger partial charge in [0.1, 0.15) is 0 Å². The summed E-state index contributed by atoms with van der Waals surface area (Å²) in [6.45, 7) is 1.94. The van der Waals surface area contributed by atoms with Crippen molar-refractivity contribution in [3.8, 4) is 0 Å². The van der Waals surface area contributed by atoms with Crippen molar-refractivity contribution in [2.75, 3.05) is 13.1 Å². The van der Waals surface area contributed by atoms with Gasteiger partial charge in [0.25, 0.3) is 5.56 Å². The van der Waals surface area contributed by atoms with Gasteiger partial charge in [-0.25, -0.2) is 0 Å². The summed E-state index contributed by atoms with van der Waals surface area (Å²) in [6.07, 6.45) is 5.46. The van der Waals surface area contributed by atoms with Crippen LogP contribution >= 0.6 is 0 Å². The smallest absolute Gasteiger partial charge is 0.251 e. The number of carbonyl (C=O) groups excluding carboxylic acids is 1. The van der Waals surface area contributed by atoms with E-state index in [1.54, 1.807) is 0 Å². The molecule has 1 saturated heterocycles. The Kier molecular flexibility index (Phi) is 3.51. The summed E-state index contributed by atoms with van der Waals surface area (Å²) in [5, 5.41) is 3.32. The van der Waals surface area contributed by atoms with Gasteiger partial charge in [-0.1, -0.05) is 0 Å². The van der Waals surface area contributed by atoms with Gasteiger partial charge in [-0.2, -0.15) is 0 Å². The topological polar surface area (TPSA) is 62.0 Å². The number of nitrogens with one attached hydrogen (secondary N) is 2. The summed E-state index contributed by atoms with van der Waals surface area (Å²) in [5.74, 6) is 0.440. The van der Waals surface area contributed by atoms with Crippen molar-refractivity contribution in [1.29, 1.82) is 0 Å². The second-order valence-electron chi connectivity index (χ2n) is 5.61. The Morgan fingerprint density at radius 1 is 1.05 bits per heavy atom. The van der Waals surface area contributed by atoms with E-state index in [-0.39, 0.29) is 11.3 Å². The summed E-state index contributed by atoms with van der Waals surface area (Å²) in [5.41, 5.74) is 2.45. The lowest BCUT2D eigenvalue weighted by Gasteiger charge is -2.23. The minimum absolute atomic E-state index is 0.0547. The first-order valence-corrected chi connectivity index (χ1v) is 7.25. The van der Waals surface area contributed by atoms with Gasteiger partial charge < -0.3 is 10.3 Å². The van der Waals surface area contributed by atoms with E-state index in [2.05, 4.69) is 10.3 Å². The Morgan fingerprint density at radius 2 is 1.79 bits per heavy atom. The predicted molar refractivity (Wildman–Crippen MR) is 73.8 cm³/mol. The second kappa shape index (κ2) is 5.29. The molecule has 0 amide bonds. The predicted octanol–water partition coefficient (Wildman–Crippen LogP) is 1.75. The highest BCUT2D eigenvalue weighted by Gasteiger charge is 2.22. The van der Waals surface area contributed by atoms with Gasteiger partial charge in [-0.3, -0.25) is 9.59 Å². The Hall–Kier alpha value is -1.42. The fourth-order valence-corrected chi connectivity index (χ4v) is 3.20. The zero-order valence-corrected chi connectivity index (χ0v) is 11.1. The number of aryl methyl sites for hydroxylation is 1. The van der Waals surface area contributed by atoms with Gasteiger partial charge in [0.05, 0.1) is 5.69 Å². The highest BCUT2D eigenvalue weighted by molar-refractivity contribution is 5.95. The first-order valence-electron chi connectivity index (χ1n) is 7.25. The molecule has 0 aromatic carbocycles. The minimum Gasteiger partial charge on any atom is -0.319 e. The van der Waals surface area contributed by atoms with Crippen LogP contribution in [0.2, 0.25) is 0 Å². The quantitative estimate of drug-likeness (QED) is 0.756. The van der Waals surface area contributed by atoms with Crippen molar-refractivity contribution < 1.29 is 4.79 Å². The van der Waals surface area contributed by atoms with Crippen molar-refractivity contribution >= 4 is 5.78 Å². The maximum absolute atomic E-state index is 12.2. The van der Waals surface area contributed by atoms with Gasteiger partial charge >= 0.3 is 0 Å². The van der Waals surface area contributed by atoms with Gasteiger partial charge in [-0.05, 0) is 62.7 Å². The zero-order valence-electron chi connectivity index (χ0n) is 11.1. The van der Waals surface area contributed by atoms with Crippen LogP contribution in [-0.4, -0.2) is 23.9 Å². The molecule has 0 atom stereocenters. The summed E-state index contributed by atoms with van der Waals surface area (Å²) >= 11 is 0. The number of carbonyl (C=O) groups is 1. The molecule has 0 bridgehead atoms. The molecule has 1 aliphatic carbocycles. The largest absolute Gasteiger partial charge is 0.319 e. The molecule has 0 saturated carbocycles. The van der Waals surface area contributed by atoms with Crippen LogP contribution in [0.25, 0.3) is 0 Å². The van der Waals surface area contributed by atoms with E-state index in [0.717, 1.165) is 56.3 Å². The number of Topliss-reactive ketones (excluding diaryl/α,β-unsaturated/α-hetero) is 1. The Morgan fingerprint density at radius 3 is 2.58 bits per heavy atom. The molecule has 1 aromatic rings. The molecular weight excluding hydrogens is 240 g/mol. The molecule has 1 aliphatic heterocycles.